The van der Waals surface area contributed by atoms with Gasteiger partial charge in [-0.15, -0.1) is 18.3 Å². The highest BCUT2D eigenvalue weighted by Gasteiger charge is 2.21. The lowest BCUT2D eigenvalue weighted by Gasteiger charge is -2.21. The van der Waals surface area contributed by atoms with Crippen molar-refractivity contribution in [2.24, 2.45) is 0 Å². The topological polar surface area (TPSA) is 12.0 Å². The average Bonchev–Trinajstić information content (AvgIpc) is 2.75. The molecule has 0 aliphatic carbocycles. The van der Waals surface area contributed by atoms with Crippen LogP contribution in [0.2, 0.25) is 0 Å². The summed E-state index contributed by atoms with van der Waals surface area (Å²) in [6.45, 7) is 5.92. The molecule has 0 saturated heterocycles. The van der Waals surface area contributed by atoms with Gasteiger partial charge in [-0.1, -0.05) is 48.5 Å². The van der Waals surface area contributed by atoms with Crippen LogP contribution in [0.4, 0.5) is 0 Å². The van der Waals surface area contributed by atoms with Crippen molar-refractivity contribution in [2.45, 2.75) is 17.2 Å². The van der Waals surface area contributed by atoms with E-state index in [0.29, 0.717) is 5.92 Å². The van der Waals surface area contributed by atoms with Crippen LogP contribution in [-0.2, 0) is 6.42 Å². The molecule has 2 aromatic rings. The molecule has 0 amide bonds. The van der Waals surface area contributed by atoms with Gasteiger partial charge in [-0.2, -0.15) is 0 Å². The molecule has 21 heavy (non-hydrogen) atoms. The Labute approximate surface area is 131 Å². The number of benzene rings is 2. The molecule has 1 nitrogen and oxygen atoms in total. The highest BCUT2D eigenvalue weighted by atomic mass is 32.2. The minimum atomic E-state index is 0.442. The van der Waals surface area contributed by atoms with Gasteiger partial charge in [0.1, 0.15) is 0 Å². The van der Waals surface area contributed by atoms with Gasteiger partial charge in [0.15, 0.2) is 0 Å². The largest absolute Gasteiger partial charge is 0.315 e. The Morgan fingerprint density at radius 1 is 1.10 bits per heavy atom. The Kier molecular flexibility index (Phi) is 4.79. The predicted octanol–water partition coefficient (Wildman–Crippen LogP) is 4.24. The summed E-state index contributed by atoms with van der Waals surface area (Å²) in [5, 5.41) is 3.60. The average molecular weight is 295 g/mol. The standard InChI is InChI=1S/C19H21NS/c1-2-13-21-19-10-6-5-9-17(19)18-14-20-12-11-15-7-3-4-8-16(15)18/h2-10,18,20H,1,11-14H2. The smallest absolute Gasteiger partial charge is 0.0228 e. The molecule has 0 spiro atoms. The first-order valence-electron chi connectivity index (χ1n) is 7.51. The highest BCUT2D eigenvalue weighted by Crippen LogP contribution is 2.35. The van der Waals surface area contributed by atoms with Gasteiger partial charge in [-0.3, -0.25) is 0 Å². The van der Waals surface area contributed by atoms with Crippen LogP contribution in [0.15, 0.2) is 66.1 Å². The number of hydrogen-bond donors (Lipinski definition) is 1. The van der Waals surface area contributed by atoms with Crippen molar-refractivity contribution in [3.05, 3.63) is 77.9 Å². The van der Waals surface area contributed by atoms with Crippen molar-refractivity contribution < 1.29 is 0 Å². The highest BCUT2D eigenvalue weighted by molar-refractivity contribution is 7.99. The molecule has 0 saturated carbocycles. The number of nitrogens with one attached hydrogen (secondary N) is 1. The summed E-state index contributed by atoms with van der Waals surface area (Å²) in [5.41, 5.74) is 4.40. The molecule has 1 aliphatic rings. The van der Waals surface area contributed by atoms with Crippen LogP contribution in [0, 0.1) is 0 Å². The summed E-state index contributed by atoms with van der Waals surface area (Å²) in [5.74, 6) is 1.40. The SMILES string of the molecule is C=CCSc1ccccc1C1CNCCc2ccccc21. The first-order chi connectivity index (χ1) is 10.4. The lowest BCUT2D eigenvalue weighted by Crippen LogP contribution is -2.21. The van der Waals surface area contributed by atoms with E-state index in [4.69, 9.17) is 0 Å². The molecule has 1 atom stereocenters. The van der Waals surface area contributed by atoms with Crippen LogP contribution >= 0.6 is 11.8 Å². The van der Waals surface area contributed by atoms with Crippen LogP contribution in [0.25, 0.3) is 0 Å². The van der Waals surface area contributed by atoms with E-state index < -0.39 is 0 Å². The Balaban J connectivity index is 2.01. The molecule has 1 N–H and O–H groups in total. The molecule has 0 aromatic heterocycles. The summed E-state index contributed by atoms with van der Waals surface area (Å²) in [6.07, 6.45) is 3.09. The van der Waals surface area contributed by atoms with E-state index in [9.17, 15) is 0 Å². The third-order valence-electron chi connectivity index (χ3n) is 4.00. The fourth-order valence-electron chi connectivity index (χ4n) is 3.01. The maximum atomic E-state index is 3.84. The molecule has 0 bridgehead atoms. The molecule has 108 valence electrons. The Hall–Kier alpha value is -1.51. The molecule has 2 heteroatoms. The molecule has 2 aromatic carbocycles. The van der Waals surface area contributed by atoms with Gasteiger partial charge in [0.2, 0.25) is 0 Å². The van der Waals surface area contributed by atoms with Gasteiger partial charge in [-0.05, 0) is 35.7 Å². The second-order valence-corrected chi connectivity index (χ2v) is 6.40. The van der Waals surface area contributed by atoms with Crippen LogP contribution in [0.5, 0.6) is 0 Å². The normalized spacial score (nSPS) is 17.8. The molecule has 3 rings (SSSR count). The summed E-state index contributed by atoms with van der Waals surface area (Å²) in [7, 11) is 0. The van der Waals surface area contributed by atoms with Crippen molar-refractivity contribution >= 4 is 11.8 Å². The van der Waals surface area contributed by atoms with E-state index in [1.807, 2.05) is 17.8 Å². The van der Waals surface area contributed by atoms with E-state index in [1.54, 1.807) is 0 Å². The zero-order chi connectivity index (χ0) is 14.5. The van der Waals surface area contributed by atoms with Gasteiger partial charge in [0, 0.05) is 23.1 Å². The molecular weight excluding hydrogens is 274 g/mol. The minimum Gasteiger partial charge on any atom is -0.315 e. The third kappa shape index (κ3) is 3.22. The van der Waals surface area contributed by atoms with E-state index in [-0.39, 0.29) is 0 Å². The van der Waals surface area contributed by atoms with Crippen molar-refractivity contribution in [3.8, 4) is 0 Å². The maximum Gasteiger partial charge on any atom is 0.0228 e. The second kappa shape index (κ2) is 6.97. The van der Waals surface area contributed by atoms with Crippen molar-refractivity contribution in [3.63, 3.8) is 0 Å². The molecule has 1 aliphatic heterocycles. The number of fused-ring (bicyclic) bond motifs is 1. The van der Waals surface area contributed by atoms with Crippen molar-refractivity contribution in [1.82, 2.24) is 5.32 Å². The van der Waals surface area contributed by atoms with Crippen LogP contribution in [0.3, 0.4) is 0 Å². The van der Waals surface area contributed by atoms with Gasteiger partial charge >= 0.3 is 0 Å². The number of hydrogen-bond acceptors (Lipinski definition) is 2. The van der Waals surface area contributed by atoms with E-state index in [0.717, 1.165) is 25.3 Å². The minimum absolute atomic E-state index is 0.442. The fourth-order valence-corrected chi connectivity index (χ4v) is 3.86. The summed E-state index contributed by atoms with van der Waals surface area (Å²) in [4.78, 5) is 1.38. The second-order valence-electron chi connectivity index (χ2n) is 5.34. The third-order valence-corrected chi connectivity index (χ3v) is 5.09. The van der Waals surface area contributed by atoms with E-state index in [1.165, 1.54) is 21.6 Å². The van der Waals surface area contributed by atoms with Gasteiger partial charge in [-0.25, -0.2) is 0 Å². The van der Waals surface area contributed by atoms with Crippen LogP contribution in [-0.4, -0.2) is 18.8 Å². The molecule has 0 radical (unpaired) electrons. The first-order valence-corrected chi connectivity index (χ1v) is 8.50. The fraction of sp³-hybridized carbons (Fsp3) is 0.263. The Morgan fingerprint density at radius 2 is 1.86 bits per heavy atom. The summed E-state index contributed by atoms with van der Waals surface area (Å²) >= 11 is 1.88. The molecule has 0 fully saturated rings. The predicted molar refractivity (Wildman–Crippen MR) is 92.2 cm³/mol. The zero-order valence-electron chi connectivity index (χ0n) is 12.2. The number of thioether (sulfide) groups is 1. The monoisotopic (exact) mass is 295 g/mol. The lowest BCUT2D eigenvalue weighted by molar-refractivity contribution is 0.659. The Bertz CT molecular complexity index is 620. The van der Waals surface area contributed by atoms with E-state index >= 15 is 0 Å². The molecule has 1 unspecified atom stereocenters. The van der Waals surface area contributed by atoms with Gasteiger partial charge < -0.3 is 5.32 Å². The molecule has 1 heterocycles. The Morgan fingerprint density at radius 3 is 2.71 bits per heavy atom. The summed E-state index contributed by atoms with van der Waals surface area (Å²) < 4.78 is 0. The van der Waals surface area contributed by atoms with E-state index in [2.05, 4.69) is 60.4 Å². The van der Waals surface area contributed by atoms with Gasteiger partial charge in [0.05, 0.1) is 0 Å². The van der Waals surface area contributed by atoms with Crippen LogP contribution < -0.4 is 5.32 Å². The molecular formula is C19H21NS. The maximum absolute atomic E-state index is 3.84. The first kappa shape index (κ1) is 14.4. The van der Waals surface area contributed by atoms with Crippen molar-refractivity contribution in [1.29, 1.82) is 0 Å². The quantitative estimate of drug-likeness (QED) is 0.669. The van der Waals surface area contributed by atoms with Crippen molar-refractivity contribution in [2.75, 3.05) is 18.8 Å². The zero-order valence-corrected chi connectivity index (χ0v) is 13.0. The van der Waals surface area contributed by atoms with Gasteiger partial charge in [0.25, 0.3) is 0 Å². The number of rotatable bonds is 4. The lowest BCUT2D eigenvalue weighted by atomic mass is 9.88. The van der Waals surface area contributed by atoms with Crippen LogP contribution in [0.1, 0.15) is 22.6 Å². The summed E-state index contributed by atoms with van der Waals surface area (Å²) in [6, 6.07) is 17.7.